The normalized spacial score (nSPS) is 10.5. The minimum absolute atomic E-state index is 0.0253. The van der Waals surface area contributed by atoms with E-state index >= 15 is 0 Å². The molecule has 3 aromatic rings. The summed E-state index contributed by atoms with van der Waals surface area (Å²) in [5, 5.41) is 15.2. The number of rotatable bonds is 5. The molecule has 126 valence electrons. The Morgan fingerprint density at radius 2 is 1.88 bits per heavy atom. The lowest BCUT2D eigenvalue weighted by Crippen LogP contribution is -2.15. The Morgan fingerprint density at radius 1 is 1.08 bits per heavy atom. The Bertz CT molecular complexity index is 968. The van der Waals surface area contributed by atoms with Crippen LogP contribution in [0.5, 0.6) is 0 Å². The Balaban J connectivity index is 1.79. The molecule has 0 aliphatic heterocycles. The van der Waals surface area contributed by atoms with Crippen LogP contribution >= 0.6 is 0 Å². The van der Waals surface area contributed by atoms with Crippen LogP contribution in [-0.4, -0.2) is 23.1 Å². The molecule has 0 saturated heterocycles. The maximum Gasteiger partial charge on any atom is 0.214 e. The zero-order valence-corrected chi connectivity index (χ0v) is 12.9. The van der Waals surface area contributed by atoms with Gasteiger partial charge in [0.05, 0.1) is 11.3 Å². The van der Waals surface area contributed by atoms with E-state index in [0.717, 1.165) is 12.1 Å². The lowest BCUT2D eigenvalue weighted by Gasteiger charge is -2.12. The average Bonchev–Trinajstić information content (AvgIpc) is 2.58. The van der Waals surface area contributed by atoms with Crippen LogP contribution in [0.1, 0.15) is 5.56 Å². The zero-order valence-electron chi connectivity index (χ0n) is 12.9. The van der Waals surface area contributed by atoms with Gasteiger partial charge in [0.25, 0.3) is 0 Å². The Kier molecular flexibility index (Phi) is 4.66. The summed E-state index contributed by atoms with van der Waals surface area (Å²) >= 11 is 0. The number of benzene rings is 1. The number of halogens is 3. The summed E-state index contributed by atoms with van der Waals surface area (Å²) in [5.74, 6) is -1.80. The number of anilines is 2. The third-order valence-electron chi connectivity index (χ3n) is 3.46. The molecule has 0 fully saturated rings. The zero-order chi connectivity index (χ0) is 17.8. The predicted octanol–water partition coefficient (Wildman–Crippen LogP) is 3.44. The van der Waals surface area contributed by atoms with E-state index in [4.69, 9.17) is 0 Å². The van der Waals surface area contributed by atoms with Gasteiger partial charge in [-0.1, -0.05) is 6.07 Å². The summed E-state index contributed by atoms with van der Waals surface area (Å²) in [7, 11) is 0. The average molecular weight is 343 g/mol. The van der Waals surface area contributed by atoms with E-state index in [1.54, 1.807) is 6.07 Å². The standard InChI is InChI=1S/C17H12F3N5/c18-11-6-12-16(10(8-21)9-24-17(12)13(19)7-11)23-5-4-22-15-3-1-2-14(20)25-15/h1-3,6-7,9H,4-5H2,(H,22,25)(H,23,24). The molecular formula is C17H12F3N5. The highest BCUT2D eigenvalue weighted by molar-refractivity contribution is 5.94. The summed E-state index contributed by atoms with van der Waals surface area (Å²) in [5.41, 5.74) is 0.434. The number of hydrogen-bond acceptors (Lipinski definition) is 5. The lowest BCUT2D eigenvalue weighted by molar-refractivity contribution is 0.585. The van der Waals surface area contributed by atoms with Gasteiger partial charge in [0.2, 0.25) is 5.95 Å². The van der Waals surface area contributed by atoms with Crippen molar-refractivity contribution in [1.82, 2.24) is 9.97 Å². The number of pyridine rings is 2. The minimum atomic E-state index is -0.801. The molecular weight excluding hydrogens is 331 g/mol. The summed E-state index contributed by atoms with van der Waals surface area (Å²) in [4.78, 5) is 7.52. The summed E-state index contributed by atoms with van der Waals surface area (Å²) in [6.45, 7) is 0.660. The minimum Gasteiger partial charge on any atom is -0.382 e. The van der Waals surface area contributed by atoms with Crippen molar-refractivity contribution in [1.29, 1.82) is 5.26 Å². The van der Waals surface area contributed by atoms with E-state index < -0.39 is 17.6 Å². The van der Waals surface area contributed by atoms with E-state index in [-0.39, 0.29) is 16.5 Å². The quantitative estimate of drug-likeness (QED) is 0.548. The predicted molar refractivity (Wildman–Crippen MR) is 87.5 cm³/mol. The van der Waals surface area contributed by atoms with Crippen molar-refractivity contribution in [2.45, 2.75) is 0 Å². The molecule has 0 aliphatic rings. The van der Waals surface area contributed by atoms with Crippen molar-refractivity contribution in [3.63, 3.8) is 0 Å². The van der Waals surface area contributed by atoms with Gasteiger partial charge in [-0.3, -0.25) is 4.98 Å². The van der Waals surface area contributed by atoms with Gasteiger partial charge in [0.15, 0.2) is 5.82 Å². The number of nitrogens with zero attached hydrogens (tertiary/aromatic N) is 3. The van der Waals surface area contributed by atoms with Gasteiger partial charge in [0, 0.05) is 30.7 Å². The maximum absolute atomic E-state index is 13.8. The Hall–Kier alpha value is -3.34. The van der Waals surface area contributed by atoms with Crippen LogP contribution in [0.4, 0.5) is 24.7 Å². The fraction of sp³-hybridized carbons (Fsp3) is 0.118. The molecule has 8 heteroatoms. The number of hydrogen-bond donors (Lipinski definition) is 2. The van der Waals surface area contributed by atoms with Crippen molar-refractivity contribution < 1.29 is 13.2 Å². The lowest BCUT2D eigenvalue weighted by atomic mass is 10.1. The topological polar surface area (TPSA) is 73.6 Å². The molecule has 0 atom stereocenters. The van der Waals surface area contributed by atoms with Gasteiger partial charge < -0.3 is 10.6 Å². The SMILES string of the molecule is N#Cc1cnc2c(F)cc(F)cc2c1NCCNc1cccc(F)n1. The van der Waals surface area contributed by atoms with E-state index in [2.05, 4.69) is 20.6 Å². The molecule has 2 aromatic heterocycles. The van der Waals surface area contributed by atoms with Crippen LogP contribution < -0.4 is 10.6 Å². The first kappa shape index (κ1) is 16.5. The van der Waals surface area contributed by atoms with Crippen molar-refractivity contribution in [3.8, 4) is 6.07 Å². The van der Waals surface area contributed by atoms with E-state index in [9.17, 15) is 18.4 Å². The molecule has 5 nitrogen and oxygen atoms in total. The molecule has 0 unspecified atom stereocenters. The highest BCUT2D eigenvalue weighted by Crippen LogP contribution is 2.28. The second-order valence-electron chi connectivity index (χ2n) is 5.14. The smallest absolute Gasteiger partial charge is 0.214 e. The summed E-state index contributed by atoms with van der Waals surface area (Å²) < 4.78 is 40.4. The molecule has 25 heavy (non-hydrogen) atoms. The van der Waals surface area contributed by atoms with Crippen LogP contribution in [0, 0.1) is 28.9 Å². The molecule has 0 spiro atoms. The number of aromatic nitrogens is 2. The Labute approximate surface area is 141 Å². The molecule has 2 heterocycles. The van der Waals surface area contributed by atoms with Gasteiger partial charge in [-0.25, -0.2) is 13.8 Å². The van der Waals surface area contributed by atoms with Crippen LogP contribution in [-0.2, 0) is 0 Å². The molecule has 2 N–H and O–H groups in total. The van der Waals surface area contributed by atoms with Crippen molar-refractivity contribution in [2.24, 2.45) is 0 Å². The van der Waals surface area contributed by atoms with Gasteiger partial charge in [-0.2, -0.15) is 9.65 Å². The second-order valence-corrected chi connectivity index (χ2v) is 5.14. The summed E-state index contributed by atoms with van der Waals surface area (Å²) in [6, 6.07) is 8.16. The van der Waals surface area contributed by atoms with Gasteiger partial charge in [0.1, 0.15) is 23.2 Å². The van der Waals surface area contributed by atoms with E-state index in [0.29, 0.717) is 24.6 Å². The molecule has 0 aliphatic carbocycles. The first-order valence-corrected chi connectivity index (χ1v) is 7.36. The van der Waals surface area contributed by atoms with Gasteiger partial charge >= 0.3 is 0 Å². The largest absolute Gasteiger partial charge is 0.382 e. The molecule has 0 amide bonds. The third kappa shape index (κ3) is 3.61. The van der Waals surface area contributed by atoms with Crippen molar-refractivity contribution >= 4 is 22.4 Å². The van der Waals surface area contributed by atoms with Crippen LogP contribution in [0.25, 0.3) is 10.9 Å². The van der Waals surface area contributed by atoms with Crippen LogP contribution in [0.15, 0.2) is 36.5 Å². The Morgan fingerprint density at radius 3 is 2.64 bits per heavy atom. The molecule has 0 bridgehead atoms. The first-order chi connectivity index (χ1) is 12.1. The van der Waals surface area contributed by atoms with Crippen LogP contribution in [0.2, 0.25) is 0 Å². The fourth-order valence-corrected chi connectivity index (χ4v) is 2.39. The van der Waals surface area contributed by atoms with Gasteiger partial charge in [-0.05, 0) is 18.2 Å². The highest BCUT2D eigenvalue weighted by Gasteiger charge is 2.13. The second kappa shape index (κ2) is 7.05. The first-order valence-electron chi connectivity index (χ1n) is 7.36. The highest BCUT2D eigenvalue weighted by atomic mass is 19.1. The fourth-order valence-electron chi connectivity index (χ4n) is 2.39. The third-order valence-corrected chi connectivity index (χ3v) is 3.46. The van der Waals surface area contributed by atoms with Crippen LogP contribution in [0.3, 0.4) is 0 Å². The van der Waals surface area contributed by atoms with Crippen molar-refractivity contribution in [3.05, 3.63) is 59.7 Å². The molecule has 0 radical (unpaired) electrons. The monoisotopic (exact) mass is 343 g/mol. The number of nitrogens with one attached hydrogen (secondary N) is 2. The molecule has 1 aromatic carbocycles. The number of fused-ring (bicyclic) bond motifs is 1. The van der Waals surface area contributed by atoms with E-state index in [1.807, 2.05) is 6.07 Å². The molecule has 0 saturated carbocycles. The van der Waals surface area contributed by atoms with E-state index in [1.165, 1.54) is 18.3 Å². The summed E-state index contributed by atoms with van der Waals surface area (Å²) in [6.07, 6.45) is 1.23. The number of nitriles is 1. The maximum atomic E-state index is 13.8. The molecule has 3 rings (SSSR count). The van der Waals surface area contributed by atoms with Crippen molar-refractivity contribution in [2.75, 3.05) is 23.7 Å². The van der Waals surface area contributed by atoms with Gasteiger partial charge in [-0.15, -0.1) is 0 Å².